The van der Waals surface area contributed by atoms with Crippen LogP contribution in [0.25, 0.3) is 11.0 Å². The highest BCUT2D eigenvalue weighted by Gasteiger charge is 2.25. The first-order valence-corrected chi connectivity index (χ1v) is 9.71. The summed E-state index contributed by atoms with van der Waals surface area (Å²) in [7, 11) is 0. The zero-order valence-electron chi connectivity index (χ0n) is 15.0. The van der Waals surface area contributed by atoms with Crippen molar-refractivity contribution >= 4 is 28.5 Å². The molecule has 1 aromatic heterocycles. The second-order valence-electron chi connectivity index (χ2n) is 7.02. The standard InChI is InChI=1S/C21H22ClN3O2/c22-17-6-2-1-5-15(17)9-10-20(26)24-13-11-16(12-14-24)25-19-8-4-3-7-18(19)23-21(25)27/h1-8,16H,9-14H2,(H,23,27). The van der Waals surface area contributed by atoms with Gasteiger partial charge in [0.15, 0.2) is 0 Å². The number of nitrogens with zero attached hydrogens (tertiary/aromatic N) is 2. The number of H-pyrrole nitrogens is 1. The number of likely N-dealkylation sites (tertiary alicyclic amines) is 1. The van der Waals surface area contributed by atoms with Gasteiger partial charge >= 0.3 is 5.69 Å². The quantitative estimate of drug-likeness (QED) is 0.745. The van der Waals surface area contributed by atoms with Crippen LogP contribution < -0.4 is 5.69 Å². The van der Waals surface area contributed by atoms with Crippen LogP contribution in [0.5, 0.6) is 0 Å². The molecule has 1 aliphatic heterocycles. The number of imidazole rings is 1. The predicted molar refractivity (Wildman–Crippen MR) is 107 cm³/mol. The molecule has 0 bridgehead atoms. The van der Waals surface area contributed by atoms with E-state index in [9.17, 15) is 9.59 Å². The number of carbonyl (C=O) groups is 1. The van der Waals surface area contributed by atoms with Gasteiger partial charge in [0.1, 0.15) is 0 Å². The van der Waals surface area contributed by atoms with Crippen LogP contribution in [-0.2, 0) is 11.2 Å². The van der Waals surface area contributed by atoms with E-state index < -0.39 is 0 Å². The molecule has 0 radical (unpaired) electrons. The molecule has 0 aliphatic carbocycles. The molecule has 0 spiro atoms. The molecule has 2 heterocycles. The molecule has 1 amide bonds. The van der Waals surface area contributed by atoms with Crippen molar-refractivity contribution in [2.45, 2.75) is 31.7 Å². The summed E-state index contributed by atoms with van der Waals surface area (Å²) in [5.41, 5.74) is 2.74. The first kappa shape index (κ1) is 17.9. The molecular weight excluding hydrogens is 362 g/mol. The van der Waals surface area contributed by atoms with Gasteiger partial charge in [-0.15, -0.1) is 0 Å². The van der Waals surface area contributed by atoms with Crippen LogP contribution in [-0.4, -0.2) is 33.4 Å². The van der Waals surface area contributed by atoms with Crippen LogP contribution in [0.2, 0.25) is 5.02 Å². The Balaban J connectivity index is 1.38. The van der Waals surface area contributed by atoms with Gasteiger partial charge in [-0.3, -0.25) is 9.36 Å². The lowest BCUT2D eigenvalue weighted by Gasteiger charge is -2.32. The maximum absolute atomic E-state index is 12.6. The normalized spacial score (nSPS) is 15.4. The average Bonchev–Trinajstić information content (AvgIpc) is 3.03. The number of aryl methyl sites for hydroxylation is 1. The van der Waals surface area contributed by atoms with E-state index >= 15 is 0 Å². The third-order valence-electron chi connectivity index (χ3n) is 5.37. The SMILES string of the molecule is O=C(CCc1ccccc1Cl)N1CCC(n2c(=O)[nH]c3ccccc32)CC1. The number of hydrogen-bond acceptors (Lipinski definition) is 2. The average molecular weight is 384 g/mol. The van der Waals surface area contributed by atoms with Crippen LogP contribution in [0.15, 0.2) is 53.3 Å². The number of halogens is 1. The fourth-order valence-corrected chi connectivity index (χ4v) is 4.14. The Morgan fingerprint density at radius 2 is 1.78 bits per heavy atom. The van der Waals surface area contributed by atoms with Gasteiger partial charge in [0, 0.05) is 30.6 Å². The third-order valence-corrected chi connectivity index (χ3v) is 5.74. The molecule has 1 fully saturated rings. The molecule has 3 aromatic rings. The number of benzene rings is 2. The van der Waals surface area contributed by atoms with Crippen LogP contribution in [0.3, 0.4) is 0 Å². The third kappa shape index (κ3) is 3.65. The molecule has 5 nitrogen and oxygen atoms in total. The Labute approximate surface area is 162 Å². The molecule has 6 heteroatoms. The van der Waals surface area contributed by atoms with Crippen LogP contribution >= 0.6 is 11.6 Å². The fourth-order valence-electron chi connectivity index (χ4n) is 3.91. The van der Waals surface area contributed by atoms with Crippen molar-refractivity contribution in [2.75, 3.05) is 13.1 Å². The van der Waals surface area contributed by atoms with Crippen molar-refractivity contribution in [1.82, 2.24) is 14.5 Å². The van der Waals surface area contributed by atoms with Crippen molar-refractivity contribution in [3.05, 3.63) is 69.6 Å². The maximum atomic E-state index is 12.6. The monoisotopic (exact) mass is 383 g/mol. The number of aromatic nitrogens is 2. The second kappa shape index (κ2) is 7.61. The molecule has 2 aromatic carbocycles. The van der Waals surface area contributed by atoms with E-state index in [4.69, 9.17) is 11.6 Å². The maximum Gasteiger partial charge on any atom is 0.326 e. The number of hydrogen-bond donors (Lipinski definition) is 1. The van der Waals surface area contributed by atoms with Crippen molar-refractivity contribution in [1.29, 1.82) is 0 Å². The highest BCUT2D eigenvalue weighted by Crippen LogP contribution is 2.25. The van der Waals surface area contributed by atoms with Crippen molar-refractivity contribution in [2.24, 2.45) is 0 Å². The van der Waals surface area contributed by atoms with Gasteiger partial charge in [-0.1, -0.05) is 41.9 Å². The van der Waals surface area contributed by atoms with E-state index in [0.717, 1.165) is 29.4 Å². The van der Waals surface area contributed by atoms with Gasteiger partial charge in [0.25, 0.3) is 0 Å². The Hall–Kier alpha value is -2.53. The van der Waals surface area contributed by atoms with Gasteiger partial charge < -0.3 is 9.88 Å². The van der Waals surface area contributed by atoms with Crippen LogP contribution in [0.1, 0.15) is 30.9 Å². The summed E-state index contributed by atoms with van der Waals surface area (Å²) >= 11 is 6.17. The molecule has 27 heavy (non-hydrogen) atoms. The van der Waals surface area contributed by atoms with E-state index in [2.05, 4.69) is 4.98 Å². The van der Waals surface area contributed by atoms with E-state index in [-0.39, 0.29) is 17.6 Å². The minimum atomic E-state index is -0.0697. The summed E-state index contributed by atoms with van der Waals surface area (Å²) in [6, 6.07) is 15.5. The Kier molecular flexibility index (Phi) is 5.03. The molecule has 1 N–H and O–H groups in total. The van der Waals surface area contributed by atoms with Gasteiger partial charge in [0.2, 0.25) is 5.91 Å². The predicted octanol–water partition coefficient (Wildman–Crippen LogP) is 3.78. The number of carbonyl (C=O) groups excluding carboxylic acids is 1. The fraction of sp³-hybridized carbons (Fsp3) is 0.333. The molecule has 1 aliphatic rings. The number of nitrogens with one attached hydrogen (secondary N) is 1. The molecule has 1 saturated heterocycles. The Bertz CT molecular complexity index is 1020. The zero-order chi connectivity index (χ0) is 18.8. The molecule has 0 atom stereocenters. The summed E-state index contributed by atoms with van der Waals surface area (Å²) < 4.78 is 1.85. The molecular formula is C21H22ClN3O2. The minimum absolute atomic E-state index is 0.0697. The van der Waals surface area contributed by atoms with Gasteiger partial charge in [0.05, 0.1) is 11.0 Å². The first-order chi connectivity index (χ1) is 13.1. The van der Waals surface area contributed by atoms with Gasteiger partial charge in [-0.25, -0.2) is 4.79 Å². The number of aromatic amines is 1. The summed E-state index contributed by atoms with van der Waals surface area (Å²) in [5, 5.41) is 0.711. The zero-order valence-corrected chi connectivity index (χ0v) is 15.8. The summed E-state index contributed by atoms with van der Waals surface area (Å²) in [6.07, 6.45) is 2.70. The van der Waals surface area contributed by atoms with Gasteiger partial charge in [-0.05, 0) is 43.0 Å². The van der Waals surface area contributed by atoms with Crippen molar-refractivity contribution in [3.8, 4) is 0 Å². The first-order valence-electron chi connectivity index (χ1n) is 9.34. The molecule has 0 saturated carbocycles. The number of rotatable bonds is 4. The second-order valence-corrected chi connectivity index (χ2v) is 7.43. The largest absolute Gasteiger partial charge is 0.343 e. The molecule has 0 unspecified atom stereocenters. The summed E-state index contributed by atoms with van der Waals surface area (Å²) in [6.45, 7) is 1.36. The van der Waals surface area contributed by atoms with Crippen molar-refractivity contribution in [3.63, 3.8) is 0 Å². The lowest BCUT2D eigenvalue weighted by atomic mass is 10.0. The Morgan fingerprint density at radius 3 is 2.56 bits per heavy atom. The number of amides is 1. The number of para-hydroxylation sites is 2. The lowest BCUT2D eigenvalue weighted by Crippen LogP contribution is -2.40. The minimum Gasteiger partial charge on any atom is -0.343 e. The van der Waals surface area contributed by atoms with E-state index in [1.807, 2.05) is 58.0 Å². The topological polar surface area (TPSA) is 58.1 Å². The molecule has 4 rings (SSSR count). The summed E-state index contributed by atoms with van der Waals surface area (Å²) in [4.78, 5) is 29.7. The lowest BCUT2D eigenvalue weighted by molar-refractivity contribution is -0.132. The number of fused-ring (bicyclic) bond motifs is 1. The van der Waals surface area contributed by atoms with E-state index in [1.54, 1.807) is 0 Å². The highest BCUT2D eigenvalue weighted by atomic mass is 35.5. The highest BCUT2D eigenvalue weighted by molar-refractivity contribution is 6.31. The molecule has 140 valence electrons. The van der Waals surface area contributed by atoms with Crippen molar-refractivity contribution < 1.29 is 4.79 Å². The van der Waals surface area contributed by atoms with E-state index in [0.29, 0.717) is 31.0 Å². The smallest absolute Gasteiger partial charge is 0.326 e. The van der Waals surface area contributed by atoms with Gasteiger partial charge in [-0.2, -0.15) is 0 Å². The Morgan fingerprint density at radius 1 is 1.07 bits per heavy atom. The summed E-state index contributed by atoms with van der Waals surface area (Å²) in [5.74, 6) is 0.152. The van der Waals surface area contributed by atoms with Crippen LogP contribution in [0.4, 0.5) is 0 Å². The number of piperidine rings is 1. The van der Waals surface area contributed by atoms with Crippen LogP contribution in [0, 0.1) is 0 Å². The van der Waals surface area contributed by atoms with E-state index in [1.165, 1.54) is 0 Å².